The van der Waals surface area contributed by atoms with E-state index < -0.39 is 5.54 Å². The molecule has 3 aliphatic rings. The molecule has 1 spiro atoms. The predicted molar refractivity (Wildman–Crippen MR) is 119 cm³/mol. The number of nitrogens with zero attached hydrogens (tertiary/aromatic N) is 2. The number of rotatable bonds is 8. The van der Waals surface area contributed by atoms with Crippen LogP contribution in [0.2, 0.25) is 0 Å². The number of carbonyl (C=O) groups excluding carboxylic acids is 3. The third-order valence-corrected chi connectivity index (χ3v) is 6.96. The maximum absolute atomic E-state index is 12.6. The van der Waals surface area contributed by atoms with Gasteiger partial charge in [0.25, 0.3) is 5.91 Å². The molecule has 2 saturated heterocycles. The number of urea groups is 1. The van der Waals surface area contributed by atoms with Crippen molar-refractivity contribution in [1.29, 1.82) is 0 Å². The molecule has 1 aromatic carbocycles. The minimum absolute atomic E-state index is 0.0800. The van der Waals surface area contributed by atoms with Crippen molar-refractivity contribution in [1.82, 2.24) is 20.4 Å². The largest absolute Gasteiger partial charge is 0.393 e. The van der Waals surface area contributed by atoms with E-state index >= 15 is 0 Å². The predicted octanol–water partition coefficient (Wildman–Crippen LogP) is 1.90. The van der Waals surface area contributed by atoms with Gasteiger partial charge in [-0.25, -0.2) is 4.79 Å². The summed E-state index contributed by atoms with van der Waals surface area (Å²) in [5.41, 5.74) is 1.58. The lowest BCUT2D eigenvalue weighted by Crippen LogP contribution is -2.44. The van der Waals surface area contributed by atoms with Crippen molar-refractivity contribution in [2.24, 2.45) is 0 Å². The highest BCUT2D eigenvalue weighted by Gasteiger charge is 2.52. The summed E-state index contributed by atoms with van der Waals surface area (Å²) in [6.45, 7) is 3.46. The molecule has 3 N–H and O–H groups in total. The van der Waals surface area contributed by atoms with Crippen molar-refractivity contribution in [3.63, 3.8) is 0 Å². The number of benzene rings is 1. The summed E-state index contributed by atoms with van der Waals surface area (Å²) in [7, 11) is 0. The Kier molecular flexibility index (Phi) is 7.10. The number of carbonyl (C=O) groups is 3. The molecule has 1 aromatic rings. The monoisotopic (exact) mass is 442 g/mol. The summed E-state index contributed by atoms with van der Waals surface area (Å²) in [5.74, 6) is -0.204. The zero-order chi connectivity index (χ0) is 22.6. The average Bonchev–Trinajstić information content (AvgIpc) is 3.35. The van der Waals surface area contributed by atoms with E-state index in [1.54, 1.807) is 0 Å². The first kappa shape index (κ1) is 22.7. The van der Waals surface area contributed by atoms with E-state index in [4.69, 9.17) is 0 Å². The molecule has 1 aliphatic carbocycles. The molecular weight excluding hydrogens is 408 g/mol. The van der Waals surface area contributed by atoms with Crippen LogP contribution in [0.3, 0.4) is 0 Å². The summed E-state index contributed by atoms with van der Waals surface area (Å²) >= 11 is 0. The number of nitrogens with one attached hydrogen (secondary N) is 2. The number of aliphatic hydroxyl groups is 1. The van der Waals surface area contributed by atoms with Crippen LogP contribution in [-0.2, 0) is 22.7 Å². The van der Waals surface area contributed by atoms with Gasteiger partial charge in [0.15, 0.2) is 0 Å². The molecule has 8 heteroatoms. The molecule has 0 radical (unpaired) electrons. The normalized spacial score (nSPS) is 21.3. The fraction of sp³-hybridized carbons (Fsp3) is 0.625. The third kappa shape index (κ3) is 5.30. The van der Waals surface area contributed by atoms with Crippen LogP contribution < -0.4 is 10.6 Å². The molecule has 2 heterocycles. The highest BCUT2D eigenvalue weighted by Crippen LogP contribution is 2.35. The standard InChI is InChI=1S/C24H34N4O4/c29-20-9-14-27(15-10-20)17-19-7-5-18(6-8-19)16-25-21(30)4-3-13-28-22(31)24(26-23(28)32)11-1-2-12-24/h5-8,20,29H,1-4,9-17H2,(H,25,30)(H,26,32). The fourth-order valence-corrected chi connectivity index (χ4v) is 4.98. The van der Waals surface area contributed by atoms with Gasteiger partial charge < -0.3 is 15.7 Å². The molecule has 8 nitrogen and oxygen atoms in total. The van der Waals surface area contributed by atoms with E-state index in [2.05, 4.69) is 27.7 Å². The van der Waals surface area contributed by atoms with Crippen molar-refractivity contribution in [2.45, 2.75) is 76.1 Å². The lowest BCUT2D eigenvalue weighted by Gasteiger charge is -2.29. The van der Waals surface area contributed by atoms with Crippen LogP contribution in [0.4, 0.5) is 4.79 Å². The summed E-state index contributed by atoms with van der Waals surface area (Å²) in [4.78, 5) is 40.6. The Hall–Kier alpha value is -2.45. The highest BCUT2D eigenvalue weighted by molar-refractivity contribution is 6.07. The van der Waals surface area contributed by atoms with E-state index in [9.17, 15) is 19.5 Å². The van der Waals surface area contributed by atoms with E-state index in [0.717, 1.165) is 50.9 Å². The van der Waals surface area contributed by atoms with Crippen molar-refractivity contribution >= 4 is 17.8 Å². The molecule has 1 saturated carbocycles. The second kappa shape index (κ2) is 10.0. The van der Waals surface area contributed by atoms with Gasteiger partial charge in [0.2, 0.25) is 5.91 Å². The first-order valence-corrected chi connectivity index (χ1v) is 11.8. The maximum atomic E-state index is 12.6. The molecule has 32 heavy (non-hydrogen) atoms. The quantitative estimate of drug-likeness (QED) is 0.534. The van der Waals surface area contributed by atoms with Crippen LogP contribution in [0.15, 0.2) is 24.3 Å². The van der Waals surface area contributed by atoms with Crippen LogP contribution in [0, 0.1) is 0 Å². The highest BCUT2D eigenvalue weighted by atomic mass is 16.3. The van der Waals surface area contributed by atoms with Crippen LogP contribution in [0.25, 0.3) is 0 Å². The summed E-state index contributed by atoms with van der Waals surface area (Å²) in [6, 6.07) is 7.91. The topological polar surface area (TPSA) is 102 Å². The molecule has 174 valence electrons. The van der Waals surface area contributed by atoms with Crippen LogP contribution in [0.1, 0.15) is 62.5 Å². The molecule has 0 aromatic heterocycles. The smallest absolute Gasteiger partial charge is 0.325 e. The first-order valence-electron chi connectivity index (χ1n) is 11.8. The van der Waals surface area contributed by atoms with Gasteiger partial charge >= 0.3 is 6.03 Å². The second-order valence-corrected chi connectivity index (χ2v) is 9.38. The minimum Gasteiger partial charge on any atom is -0.393 e. The minimum atomic E-state index is -0.680. The van der Waals surface area contributed by atoms with E-state index in [1.165, 1.54) is 10.5 Å². The Labute approximate surface area is 189 Å². The molecular formula is C24H34N4O4. The van der Waals surface area contributed by atoms with Crippen molar-refractivity contribution < 1.29 is 19.5 Å². The number of hydrogen-bond acceptors (Lipinski definition) is 5. The Morgan fingerprint density at radius 3 is 2.44 bits per heavy atom. The van der Waals surface area contributed by atoms with E-state index in [1.807, 2.05) is 12.1 Å². The van der Waals surface area contributed by atoms with Crippen LogP contribution >= 0.6 is 0 Å². The molecule has 2 aliphatic heterocycles. The van der Waals surface area contributed by atoms with Gasteiger partial charge in [-0.2, -0.15) is 0 Å². The number of imide groups is 1. The van der Waals surface area contributed by atoms with Crippen LogP contribution in [-0.4, -0.2) is 64.0 Å². The van der Waals surface area contributed by atoms with Crippen molar-refractivity contribution in [3.8, 4) is 0 Å². The zero-order valence-electron chi connectivity index (χ0n) is 18.6. The van der Waals surface area contributed by atoms with Gasteiger partial charge in [0, 0.05) is 39.1 Å². The van der Waals surface area contributed by atoms with Gasteiger partial charge in [-0.3, -0.25) is 19.4 Å². The summed E-state index contributed by atoms with van der Waals surface area (Å²) < 4.78 is 0. The number of amides is 4. The summed E-state index contributed by atoms with van der Waals surface area (Å²) in [6.07, 6.45) is 5.62. The van der Waals surface area contributed by atoms with Crippen molar-refractivity contribution in [3.05, 3.63) is 35.4 Å². The maximum Gasteiger partial charge on any atom is 0.325 e. The van der Waals surface area contributed by atoms with Crippen molar-refractivity contribution in [2.75, 3.05) is 19.6 Å². The Morgan fingerprint density at radius 2 is 1.75 bits per heavy atom. The van der Waals surface area contributed by atoms with Gasteiger partial charge in [0.05, 0.1) is 6.10 Å². The Morgan fingerprint density at radius 1 is 1.09 bits per heavy atom. The number of likely N-dealkylation sites (tertiary alicyclic amines) is 1. The Balaban J connectivity index is 1.15. The lowest BCUT2D eigenvalue weighted by molar-refractivity contribution is -0.131. The van der Waals surface area contributed by atoms with Crippen LogP contribution in [0.5, 0.6) is 0 Å². The zero-order valence-corrected chi connectivity index (χ0v) is 18.6. The lowest BCUT2D eigenvalue weighted by atomic mass is 9.98. The molecule has 4 rings (SSSR count). The second-order valence-electron chi connectivity index (χ2n) is 9.38. The fourth-order valence-electron chi connectivity index (χ4n) is 4.98. The molecule has 3 fully saturated rings. The van der Waals surface area contributed by atoms with Gasteiger partial charge in [-0.1, -0.05) is 37.1 Å². The molecule has 0 unspecified atom stereocenters. The third-order valence-electron chi connectivity index (χ3n) is 6.96. The van der Waals surface area contributed by atoms with Gasteiger partial charge in [0.1, 0.15) is 5.54 Å². The van der Waals surface area contributed by atoms with Gasteiger partial charge in [-0.05, 0) is 43.2 Å². The number of hydrogen-bond donors (Lipinski definition) is 3. The number of piperidine rings is 1. The molecule has 0 atom stereocenters. The first-order chi connectivity index (χ1) is 15.4. The average molecular weight is 443 g/mol. The number of aliphatic hydroxyl groups excluding tert-OH is 1. The van der Waals surface area contributed by atoms with Gasteiger partial charge in [-0.15, -0.1) is 0 Å². The van der Waals surface area contributed by atoms with E-state index in [0.29, 0.717) is 25.8 Å². The molecule has 0 bridgehead atoms. The SMILES string of the molecule is O=C(CCCN1C(=O)NC2(CCCC2)C1=O)NCc1ccc(CN2CCC(O)CC2)cc1. The Bertz CT molecular complexity index is 827. The summed E-state index contributed by atoms with van der Waals surface area (Å²) in [5, 5.41) is 15.4. The molecule has 4 amide bonds. The van der Waals surface area contributed by atoms with E-state index in [-0.39, 0.29) is 36.9 Å².